The number of hydrogen-bond donors (Lipinski definition) is 2. The molecule has 330 valence electrons. The first kappa shape index (κ1) is 43.3. The van der Waals surface area contributed by atoms with E-state index in [1.54, 1.807) is 0 Å². The van der Waals surface area contributed by atoms with Crippen molar-refractivity contribution in [3.8, 4) is 33.8 Å². The monoisotopic (exact) mass is 874 g/mol. The van der Waals surface area contributed by atoms with Gasteiger partial charge in [-0.3, -0.25) is 9.59 Å². The van der Waals surface area contributed by atoms with Gasteiger partial charge in [0.1, 0.15) is 24.7 Å². The van der Waals surface area contributed by atoms with Crippen LogP contribution in [-0.2, 0) is 32.3 Å². The van der Waals surface area contributed by atoms with Gasteiger partial charge in [0.05, 0.1) is 49.8 Å². The molecule has 0 aliphatic carbocycles. The van der Waals surface area contributed by atoms with Crippen LogP contribution in [0.5, 0.6) is 11.5 Å². The minimum atomic E-state index is -0.319. The molecule has 9 rings (SSSR count). The van der Waals surface area contributed by atoms with E-state index in [9.17, 15) is 9.59 Å². The van der Waals surface area contributed by atoms with Crippen LogP contribution in [0.4, 0.5) is 0 Å². The molecule has 4 aromatic carbocycles. The number of nitrogens with one attached hydrogen (secondary N) is 2. The quantitative estimate of drug-likeness (QED) is 0.103. The van der Waals surface area contributed by atoms with E-state index in [4.69, 9.17) is 28.9 Å². The van der Waals surface area contributed by atoms with Crippen LogP contribution in [0.1, 0.15) is 83.6 Å². The van der Waals surface area contributed by atoms with E-state index >= 15 is 0 Å². The van der Waals surface area contributed by atoms with Crippen molar-refractivity contribution in [2.45, 2.75) is 51.7 Å². The number of aromatic amines is 2. The van der Waals surface area contributed by atoms with Crippen LogP contribution in [0, 0.1) is 0 Å². The molecule has 3 aromatic heterocycles. The predicted molar refractivity (Wildman–Crippen MR) is 261 cm³/mol. The summed E-state index contributed by atoms with van der Waals surface area (Å²) in [4.78, 5) is 44.0. The smallest absolute Gasteiger partial charge is 0.306 e. The summed E-state index contributed by atoms with van der Waals surface area (Å²) in [5.41, 5.74) is 13.4. The highest BCUT2D eigenvalue weighted by Gasteiger charge is 2.24. The molecule has 7 aromatic rings. The largest absolute Gasteiger partial charge is 0.489 e. The molecule has 0 radical (unpaired) electrons. The molecule has 66 heavy (non-hydrogen) atoms. The molecule has 2 atom stereocenters. The van der Waals surface area contributed by atoms with Crippen LogP contribution in [0.2, 0.25) is 0 Å². The fourth-order valence-electron chi connectivity index (χ4n) is 8.73. The summed E-state index contributed by atoms with van der Waals surface area (Å²) in [7, 11) is 2.82. The van der Waals surface area contributed by atoms with E-state index in [0.717, 1.165) is 78.0 Å². The van der Waals surface area contributed by atoms with Crippen LogP contribution < -0.4 is 9.47 Å². The Morgan fingerprint density at radius 2 is 0.879 bits per heavy atom. The molecule has 8 bridgehead atoms. The van der Waals surface area contributed by atoms with Gasteiger partial charge in [0.15, 0.2) is 0 Å². The van der Waals surface area contributed by atoms with Crippen molar-refractivity contribution in [1.82, 2.24) is 19.9 Å². The van der Waals surface area contributed by atoms with E-state index in [1.807, 2.05) is 172 Å². The van der Waals surface area contributed by atoms with Gasteiger partial charge in [0.25, 0.3) is 0 Å². The van der Waals surface area contributed by atoms with Gasteiger partial charge in [-0.25, -0.2) is 9.97 Å². The number of H-pyrrole nitrogens is 2. The van der Waals surface area contributed by atoms with Crippen LogP contribution in [0.3, 0.4) is 0 Å². The summed E-state index contributed by atoms with van der Waals surface area (Å²) in [6, 6.07) is 44.3. The Bertz CT molecular complexity index is 2940. The van der Waals surface area contributed by atoms with E-state index in [1.165, 1.54) is 14.2 Å². The molecule has 0 amide bonds. The Balaban J connectivity index is 1.30. The van der Waals surface area contributed by atoms with Crippen molar-refractivity contribution >= 4 is 58.3 Å². The van der Waals surface area contributed by atoms with Gasteiger partial charge in [-0.05, 0) is 107 Å². The topological polar surface area (TPSA) is 128 Å². The lowest BCUT2D eigenvalue weighted by molar-refractivity contribution is -0.141. The summed E-state index contributed by atoms with van der Waals surface area (Å²) in [6.45, 7) is 4.87. The first-order valence-corrected chi connectivity index (χ1v) is 22.1. The van der Waals surface area contributed by atoms with E-state index in [-0.39, 0.29) is 36.6 Å². The number of esters is 2. The molecule has 0 spiro atoms. The third kappa shape index (κ3) is 9.44. The third-order valence-electron chi connectivity index (χ3n) is 12.0. The molecule has 2 N–H and O–H groups in total. The molecule has 0 saturated carbocycles. The number of nitrogens with zero attached hydrogens (tertiary/aromatic N) is 2. The fourth-order valence-corrected chi connectivity index (χ4v) is 8.73. The fraction of sp³-hybridized carbons (Fsp3) is 0.179. The number of carbonyl (C=O) groups is 2. The molecule has 10 heteroatoms. The van der Waals surface area contributed by atoms with Crippen LogP contribution >= 0.6 is 0 Å². The Morgan fingerprint density at radius 1 is 0.485 bits per heavy atom. The van der Waals surface area contributed by atoms with Crippen molar-refractivity contribution in [3.63, 3.8) is 0 Å². The van der Waals surface area contributed by atoms with Gasteiger partial charge in [-0.2, -0.15) is 0 Å². The molecule has 2 unspecified atom stereocenters. The summed E-state index contributed by atoms with van der Waals surface area (Å²) in [5, 5.41) is 0. The van der Waals surface area contributed by atoms with Crippen molar-refractivity contribution in [2.24, 2.45) is 0 Å². The zero-order chi connectivity index (χ0) is 45.6. The predicted octanol–water partition coefficient (Wildman–Crippen LogP) is 12.5. The standard InChI is InChI=1S/C56H50N4O6/c1-35(29-51(61)63-3)53-43-21-25-47(57-43)55(39-17-11-19-41(31-39)65-33-37-13-7-5-8-14-37)49-27-23-45(59-49)54(36(2)30-52(62)64-4)46-24-28-50(60-46)56(48-26-22-44(53)58-48)40-18-12-20-42(32-40)66-34-38-15-9-6-10-16-38/h5-28,31-32,35-36,57,60H,29-30,33-34H2,1-4H3. The first-order chi connectivity index (χ1) is 32.2. The molecule has 0 saturated heterocycles. The number of fused-ring (bicyclic) bond motifs is 8. The van der Waals surface area contributed by atoms with Gasteiger partial charge in [0.2, 0.25) is 0 Å². The SMILES string of the molecule is COC(=O)CC(C)c1c2nc(c(-c3cccc(OCc4ccccc4)c3)c3ccc([nH]3)c(C(C)CC(=O)OC)c3nc(c(-c4cccc(OCc5ccccc5)c4)c4ccc1[nH]4)C=C3)C=C2. The number of methoxy groups -OCH3 is 2. The second kappa shape index (κ2) is 19.4. The third-order valence-corrected chi connectivity index (χ3v) is 12.0. The van der Waals surface area contributed by atoms with Crippen molar-refractivity contribution in [2.75, 3.05) is 14.2 Å². The number of rotatable bonds is 14. The van der Waals surface area contributed by atoms with Gasteiger partial charge < -0.3 is 28.9 Å². The average molecular weight is 875 g/mol. The second-order valence-corrected chi connectivity index (χ2v) is 16.5. The summed E-state index contributed by atoms with van der Waals surface area (Å²) >= 11 is 0. The molecule has 2 aliphatic rings. The maximum absolute atomic E-state index is 12.9. The van der Waals surface area contributed by atoms with Gasteiger partial charge >= 0.3 is 11.9 Å². The molecule has 2 aliphatic heterocycles. The molecule has 0 fully saturated rings. The number of ether oxygens (including phenoxy) is 4. The lowest BCUT2D eigenvalue weighted by atomic mass is 9.96. The Labute approximate surface area is 383 Å². The van der Waals surface area contributed by atoms with Gasteiger partial charge in [-0.15, -0.1) is 0 Å². The normalized spacial score (nSPS) is 12.7. The van der Waals surface area contributed by atoms with E-state index in [0.29, 0.717) is 36.1 Å². The first-order valence-electron chi connectivity index (χ1n) is 22.1. The maximum atomic E-state index is 12.9. The molecule has 5 heterocycles. The van der Waals surface area contributed by atoms with Crippen LogP contribution in [0.15, 0.2) is 133 Å². The van der Waals surface area contributed by atoms with Crippen molar-refractivity contribution in [3.05, 3.63) is 178 Å². The Hall–Kier alpha value is -7.98. The van der Waals surface area contributed by atoms with E-state index in [2.05, 4.69) is 9.97 Å². The highest BCUT2D eigenvalue weighted by molar-refractivity contribution is 5.95. The Kier molecular flexibility index (Phi) is 12.7. The van der Waals surface area contributed by atoms with Gasteiger partial charge in [0, 0.05) is 44.3 Å². The number of hydrogen-bond acceptors (Lipinski definition) is 8. The summed E-state index contributed by atoms with van der Waals surface area (Å²) in [5.74, 6) is 0.217. The van der Waals surface area contributed by atoms with Crippen LogP contribution in [0.25, 0.3) is 68.6 Å². The van der Waals surface area contributed by atoms with Gasteiger partial charge in [-0.1, -0.05) is 98.8 Å². The molecule has 10 nitrogen and oxygen atoms in total. The lowest BCUT2D eigenvalue weighted by Crippen LogP contribution is -2.07. The zero-order valence-corrected chi connectivity index (χ0v) is 37.3. The number of aromatic nitrogens is 4. The minimum Gasteiger partial charge on any atom is -0.489 e. The average Bonchev–Trinajstić information content (AvgIpc) is 4.20. The van der Waals surface area contributed by atoms with Crippen molar-refractivity contribution < 1.29 is 28.5 Å². The highest BCUT2D eigenvalue weighted by atomic mass is 16.5. The second-order valence-electron chi connectivity index (χ2n) is 16.5. The Morgan fingerprint density at radius 3 is 1.29 bits per heavy atom. The number of carbonyl (C=O) groups excluding carboxylic acids is 2. The van der Waals surface area contributed by atoms with Crippen LogP contribution in [-0.4, -0.2) is 46.1 Å². The van der Waals surface area contributed by atoms with E-state index < -0.39 is 0 Å². The highest BCUT2D eigenvalue weighted by Crippen LogP contribution is 2.39. The zero-order valence-electron chi connectivity index (χ0n) is 37.3. The molecular formula is C56H50N4O6. The maximum Gasteiger partial charge on any atom is 0.306 e. The summed E-state index contributed by atoms with van der Waals surface area (Å²) < 4.78 is 23.0. The van der Waals surface area contributed by atoms with Crippen molar-refractivity contribution in [1.29, 1.82) is 0 Å². The lowest BCUT2D eigenvalue weighted by Gasteiger charge is -2.13. The summed E-state index contributed by atoms with van der Waals surface area (Å²) in [6.07, 6.45) is 8.34. The minimum absolute atomic E-state index is 0.146. The molecular weight excluding hydrogens is 825 g/mol. The number of benzene rings is 4.